The first kappa shape index (κ1) is 39.4. The normalized spacial score (nSPS) is 11.8. The van der Waals surface area contributed by atoms with Crippen LogP contribution in [0.2, 0.25) is 0 Å². The van der Waals surface area contributed by atoms with E-state index in [-0.39, 0.29) is 0 Å². The Kier molecular flexibility index (Phi) is 9.11. The van der Waals surface area contributed by atoms with E-state index in [4.69, 9.17) is 0 Å². The lowest BCUT2D eigenvalue weighted by Crippen LogP contribution is -2.11. The topological polar surface area (TPSA) is 8.17 Å². The molecule has 0 amide bonds. The standard InChI is InChI=1S/C66H42N2S/c1-2-13-44(14-3-1)61-41-49(48-30-35-55-50(39-48)26-25-45-15-4-6-19-54(45)55)31-38-64(61)67(53-34-37-59-60-36-29-46-16-5-7-20-56(46)66(60)69-65(59)42-53)51-32-27-43(28-33-51)47-17-12-18-52(40-47)68-62-23-10-8-21-57(62)58-22-9-11-24-63(58)68/h1-42H. The largest absolute Gasteiger partial charge is 0.310 e. The smallest absolute Gasteiger partial charge is 0.0541 e. The number of benzene rings is 12. The first-order valence-corrected chi connectivity index (χ1v) is 24.5. The monoisotopic (exact) mass is 894 g/mol. The number of hydrogen-bond acceptors (Lipinski definition) is 2. The van der Waals surface area contributed by atoms with Crippen molar-refractivity contribution < 1.29 is 0 Å². The lowest BCUT2D eigenvalue weighted by atomic mass is 9.94. The number of fused-ring (bicyclic) bond motifs is 11. The van der Waals surface area contributed by atoms with Crippen LogP contribution in [0, 0.1) is 0 Å². The molecule has 0 N–H and O–H groups in total. The maximum Gasteiger partial charge on any atom is 0.0541 e. The van der Waals surface area contributed by atoms with Crippen LogP contribution in [-0.2, 0) is 0 Å². The molecule has 2 nitrogen and oxygen atoms in total. The Morgan fingerprint density at radius 1 is 0.304 bits per heavy atom. The zero-order valence-corrected chi connectivity index (χ0v) is 38.4. The van der Waals surface area contributed by atoms with E-state index in [1.54, 1.807) is 0 Å². The van der Waals surface area contributed by atoms with Crippen LogP contribution in [0.5, 0.6) is 0 Å². The summed E-state index contributed by atoms with van der Waals surface area (Å²) in [5.74, 6) is 0. The zero-order chi connectivity index (χ0) is 45.4. The van der Waals surface area contributed by atoms with Gasteiger partial charge in [0.1, 0.15) is 0 Å². The van der Waals surface area contributed by atoms with Gasteiger partial charge >= 0.3 is 0 Å². The molecule has 69 heavy (non-hydrogen) atoms. The number of para-hydroxylation sites is 2. The Labute approximate surface area is 403 Å². The molecule has 0 bridgehead atoms. The molecule has 14 aromatic rings. The number of thiophene rings is 1. The fraction of sp³-hybridized carbons (Fsp3) is 0. The molecule has 0 saturated carbocycles. The molecule has 12 aromatic carbocycles. The molecule has 2 aromatic heterocycles. The highest BCUT2D eigenvalue weighted by atomic mass is 32.1. The number of anilines is 3. The molecule has 0 aliphatic carbocycles. The molecule has 14 rings (SSSR count). The Balaban J connectivity index is 0.927. The molecule has 0 unspecified atom stereocenters. The van der Waals surface area contributed by atoms with Gasteiger partial charge in [-0.25, -0.2) is 0 Å². The van der Waals surface area contributed by atoms with Gasteiger partial charge in [0.15, 0.2) is 0 Å². The van der Waals surface area contributed by atoms with Gasteiger partial charge in [-0.15, -0.1) is 11.3 Å². The SMILES string of the molecule is c1ccc(-c2cc(-c3ccc4c(ccc5ccccc54)c3)ccc2N(c2ccc(-c3cccc(-n4c5ccccc5c5ccccc54)c3)cc2)c2ccc3c(c2)sc2c4ccccc4ccc32)cc1. The van der Waals surface area contributed by atoms with Crippen molar-refractivity contribution in [2.45, 2.75) is 0 Å². The van der Waals surface area contributed by atoms with E-state index in [2.05, 4.69) is 264 Å². The van der Waals surface area contributed by atoms with Gasteiger partial charge in [-0.1, -0.05) is 188 Å². The molecule has 0 saturated heterocycles. The molecular formula is C66H42N2S. The summed E-state index contributed by atoms with van der Waals surface area (Å²) in [6.45, 7) is 0. The van der Waals surface area contributed by atoms with Crippen molar-refractivity contribution in [1.82, 2.24) is 4.57 Å². The zero-order valence-electron chi connectivity index (χ0n) is 37.6. The average molecular weight is 895 g/mol. The summed E-state index contributed by atoms with van der Waals surface area (Å²) in [5.41, 5.74) is 13.9. The maximum atomic E-state index is 2.46. The fourth-order valence-electron chi connectivity index (χ4n) is 10.8. The van der Waals surface area contributed by atoms with Gasteiger partial charge in [0.05, 0.1) is 16.7 Å². The predicted octanol–water partition coefficient (Wildman–Crippen LogP) is 19.1. The van der Waals surface area contributed by atoms with Gasteiger partial charge in [-0.3, -0.25) is 0 Å². The molecule has 0 aliphatic heterocycles. The molecule has 0 spiro atoms. The molecule has 2 heterocycles. The van der Waals surface area contributed by atoms with Crippen LogP contribution in [0.4, 0.5) is 17.1 Å². The lowest BCUT2D eigenvalue weighted by molar-refractivity contribution is 1.18. The van der Waals surface area contributed by atoms with Gasteiger partial charge in [-0.2, -0.15) is 0 Å². The Bertz CT molecular complexity index is 4260. The first-order valence-electron chi connectivity index (χ1n) is 23.6. The van der Waals surface area contributed by atoms with Gasteiger partial charge in [0.25, 0.3) is 0 Å². The molecule has 0 aliphatic rings. The van der Waals surface area contributed by atoms with Crippen molar-refractivity contribution in [2.75, 3.05) is 4.90 Å². The summed E-state index contributed by atoms with van der Waals surface area (Å²) in [6, 6.07) is 93.8. The second-order valence-corrected chi connectivity index (χ2v) is 19.1. The number of aromatic nitrogens is 1. The van der Waals surface area contributed by atoms with Crippen molar-refractivity contribution >= 4 is 103 Å². The Morgan fingerprint density at radius 2 is 0.855 bits per heavy atom. The van der Waals surface area contributed by atoms with Gasteiger partial charge in [0.2, 0.25) is 0 Å². The van der Waals surface area contributed by atoms with E-state index in [9.17, 15) is 0 Å². The second kappa shape index (κ2) is 16.0. The number of rotatable bonds is 7. The van der Waals surface area contributed by atoms with Crippen LogP contribution in [0.25, 0.3) is 113 Å². The quantitative estimate of drug-likeness (QED) is 0.145. The van der Waals surface area contributed by atoms with Crippen molar-refractivity contribution in [2.24, 2.45) is 0 Å². The van der Waals surface area contributed by atoms with Crippen LogP contribution in [0.3, 0.4) is 0 Å². The minimum Gasteiger partial charge on any atom is -0.310 e. The van der Waals surface area contributed by atoms with Crippen LogP contribution in [0.15, 0.2) is 255 Å². The highest BCUT2D eigenvalue weighted by molar-refractivity contribution is 7.26. The van der Waals surface area contributed by atoms with E-state index in [1.807, 2.05) is 11.3 Å². The van der Waals surface area contributed by atoms with Crippen molar-refractivity contribution in [3.8, 4) is 39.1 Å². The van der Waals surface area contributed by atoms with Crippen molar-refractivity contribution in [3.63, 3.8) is 0 Å². The lowest BCUT2D eigenvalue weighted by Gasteiger charge is -2.29. The molecule has 0 fully saturated rings. The van der Waals surface area contributed by atoms with Crippen LogP contribution in [-0.4, -0.2) is 4.57 Å². The van der Waals surface area contributed by atoms with Gasteiger partial charge < -0.3 is 9.47 Å². The molecule has 0 atom stereocenters. The summed E-state index contributed by atoms with van der Waals surface area (Å²) in [6.07, 6.45) is 0. The summed E-state index contributed by atoms with van der Waals surface area (Å²) in [4.78, 5) is 2.46. The van der Waals surface area contributed by atoms with E-state index >= 15 is 0 Å². The van der Waals surface area contributed by atoms with E-state index in [0.29, 0.717) is 0 Å². The maximum absolute atomic E-state index is 2.46. The summed E-state index contributed by atoms with van der Waals surface area (Å²) >= 11 is 1.89. The van der Waals surface area contributed by atoms with Gasteiger partial charge in [-0.05, 0) is 127 Å². The highest BCUT2D eigenvalue weighted by Crippen LogP contribution is 2.47. The molecule has 322 valence electrons. The molecule has 0 radical (unpaired) electrons. The van der Waals surface area contributed by atoms with Crippen molar-refractivity contribution in [1.29, 1.82) is 0 Å². The van der Waals surface area contributed by atoms with Gasteiger partial charge in [0, 0.05) is 53.6 Å². The van der Waals surface area contributed by atoms with Crippen LogP contribution in [0.1, 0.15) is 0 Å². The van der Waals surface area contributed by atoms with E-state index < -0.39 is 0 Å². The molecule has 3 heteroatoms. The highest BCUT2D eigenvalue weighted by Gasteiger charge is 2.21. The number of hydrogen-bond donors (Lipinski definition) is 0. The minimum absolute atomic E-state index is 1.09. The van der Waals surface area contributed by atoms with E-state index in [0.717, 1.165) is 33.9 Å². The average Bonchev–Trinajstić information content (AvgIpc) is 3.97. The fourth-order valence-corrected chi connectivity index (χ4v) is 12.1. The Morgan fingerprint density at radius 3 is 1.65 bits per heavy atom. The third-order valence-electron chi connectivity index (χ3n) is 14.1. The third kappa shape index (κ3) is 6.54. The summed E-state index contributed by atoms with van der Waals surface area (Å²) in [7, 11) is 0. The van der Waals surface area contributed by atoms with Crippen LogP contribution < -0.4 is 4.90 Å². The van der Waals surface area contributed by atoms with E-state index in [1.165, 1.54) is 96.5 Å². The van der Waals surface area contributed by atoms with Crippen LogP contribution >= 0.6 is 11.3 Å². The number of nitrogens with zero attached hydrogens (tertiary/aromatic N) is 2. The summed E-state index contributed by atoms with van der Waals surface area (Å²) < 4.78 is 4.99. The minimum atomic E-state index is 1.09. The summed E-state index contributed by atoms with van der Waals surface area (Å²) in [5, 5.41) is 12.7. The Hall–Kier alpha value is -8.76. The van der Waals surface area contributed by atoms with Crippen molar-refractivity contribution in [3.05, 3.63) is 255 Å². The third-order valence-corrected chi connectivity index (χ3v) is 15.4. The predicted molar refractivity (Wildman–Crippen MR) is 297 cm³/mol. The second-order valence-electron chi connectivity index (χ2n) is 18.1. The first-order chi connectivity index (χ1) is 34.2. The molecular weight excluding hydrogens is 853 g/mol.